The van der Waals surface area contributed by atoms with Crippen molar-refractivity contribution in [1.82, 2.24) is 9.78 Å². The third-order valence-corrected chi connectivity index (χ3v) is 3.31. The number of thiophene rings is 1. The Morgan fingerprint density at radius 3 is 2.88 bits per heavy atom. The van der Waals surface area contributed by atoms with Crippen LogP contribution in [0.2, 0.25) is 0 Å². The lowest BCUT2D eigenvalue weighted by atomic mass is 10.4. The Labute approximate surface area is 98.6 Å². The number of rotatable bonds is 5. The van der Waals surface area contributed by atoms with E-state index >= 15 is 0 Å². The Bertz CT molecular complexity index is 407. The van der Waals surface area contributed by atoms with Crippen LogP contribution in [0.4, 0.5) is 0 Å². The number of nitrogens with two attached hydrogens (primary N) is 1. The van der Waals surface area contributed by atoms with Crippen LogP contribution in [0, 0.1) is 0 Å². The fourth-order valence-electron chi connectivity index (χ4n) is 1.36. The van der Waals surface area contributed by atoms with Gasteiger partial charge >= 0.3 is 0 Å². The molecule has 16 heavy (non-hydrogen) atoms. The normalized spacial score (nSPS) is 10.6. The largest absolute Gasteiger partial charge is 0.485 e. The summed E-state index contributed by atoms with van der Waals surface area (Å²) in [5.41, 5.74) is 5.55. The third-order valence-electron chi connectivity index (χ3n) is 2.23. The minimum Gasteiger partial charge on any atom is -0.485 e. The van der Waals surface area contributed by atoms with Gasteiger partial charge in [-0.25, -0.2) is 0 Å². The average Bonchev–Trinajstić information content (AvgIpc) is 2.95. The number of ether oxygens (including phenoxy) is 1. The van der Waals surface area contributed by atoms with Crippen molar-refractivity contribution in [2.24, 2.45) is 5.73 Å². The predicted octanol–water partition coefficient (Wildman–Crippen LogP) is 2.00. The number of hydrogen-bond donors (Lipinski definition) is 1. The Morgan fingerprint density at radius 1 is 1.44 bits per heavy atom. The number of aromatic nitrogens is 2. The van der Waals surface area contributed by atoms with Crippen LogP contribution in [0.3, 0.4) is 0 Å². The first kappa shape index (κ1) is 11.2. The molecule has 2 N–H and O–H groups in total. The molecule has 5 heteroatoms. The maximum Gasteiger partial charge on any atom is 0.157 e. The molecule has 0 amide bonds. The lowest BCUT2D eigenvalue weighted by Crippen LogP contribution is -1.93. The van der Waals surface area contributed by atoms with E-state index in [0.717, 1.165) is 12.3 Å². The summed E-state index contributed by atoms with van der Waals surface area (Å²) >= 11 is 1.69. The van der Waals surface area contributed by atoms with Crippen molar-refractivity contribution in [1.29, 1.82) is 0 Å². The highest BCUT2D eigenvalue weighted by atomic mass is 32.1. The van der Waals surface area contributed by atoms with Gasteiger partial charge in [-0.2, -0.15) is 5.10 Å². The summed E-state index contributed by atoms with van der Waals surface area (Å²) in [5, 5.41) is 4.14. The lowest BCUT2D eigenvalue weighted by Gasteiger charge is -1.99. The van der Waals surface area contributed by atoms with E-state index in [1.165, 1.54) is 9.75 Å². The van der Waals surface area contributed by atoms with Crippen LogP contribution in [0.1, 0.15) is 16.7 Å². The second-order valence-electron chi connectivity index (χ2n) is 3.39. The van der Waals surface area contributed by atoms with Crippen LogP contribution in [0.5, 0.6) is 5.75 Å². The monoisotopic (exact) mass is 237 g/mol. The molecule has 0 bridgehead atoms. The Kier molecular flexibility index (Phi) is 3.58. The van der Waals surface area contributed by atoms with Crippen molar-refractivity contribution >= 4 is 11.3 Å². The first-order valence-electron chi connectivity index (χ1n) is 5.24. The zero-order chi connectivity index (χ0) is 11.4. The van der Waals surface area contributed by atoms with E-state index in [9.17, 15) is 0 Å². The summed E-state index contributed by atoms with van der Waals surface area (Å²) in [6.45, 7) is 4.09. The number of nitrogens with zero attached hydrogens (tertiary/aromatic N) is 2. The molecule has 2 heterocycles. The van der Waals surface area contributed by atoms with Crippen LogP contribution in [0.25, 0.3) is 0 Å². The van der Waals surface area contributed by atoms with E-state index < -0.39 is 0 Å². The maximum absolute atomic E-state index is 5.62. The van der Waals surface area contributed by atoms with E-state index in [2.05, 4.69) is 11.2 Å². The molecule has 0 aliphatic heterocycles. The van der Waals surface area contributed by atoms with Crippen LogP contribution in [0.15, 0.2) is 24.5 Å². The van der Waals surface area contributed by atoms with Gasteiger partial charge < -0.3 is 10.5 Å². The van der Waals surface area contributed by atoms with Crippen LogP contribution in [-0.4, -0.2) is 9.78 Å². The van der Waals surface area contributed by atoms with E-state index in [4.69, 9.17) is 10.5 Å². The molecule has 2 aromatic rings. The van der Waals surface area contributed by atoms with Gasteiger partial charge in [-0.1, -0.05) is 0 Å². The average molecular weight is 237 g/mol. The first-order chi connectivity index (χ1) is 7.81. The highest BCUT2D eigenvalue weighted by Gasteiger charge is 2.01. The fraction of sp³-hybridized carbons (Fsp3) is 0.364. The van der Waals surface area contributed by atoms with E-state index in [0.29, 0.717) is 13.2 Å². The summed E-state index contributed by atoms with van der Waals surface area (Å²) in [4.78, 5) is 2.37. The highest BCUT2D eigenvalue weighted by molar-refractivity contribution is 7.11. The molecule has 0 aliphatic carbocycles. The van der Waals surface area contributed by atoms with Crippen LogP contribution < -0.4 is 10.5 Å². The Balaban J connectivity index is 1.91. The first-order valence-corrected chi connectivity index (χ1v) is 6.06. The van der Waals surface area contributed by atoms with Crippen molar-refractivity contribution in [3.8, 4) is 5.75 Å². The number of hydrogen-bond acceptors (Lipinski definition) is 4. The van der Waals surface area contributed by atoms with Gasteiger partial charge in [0.15, 0.2) is 5.75 Å². The summed E-state index contributed by atoms with van der Waals surface area (Å²) in [6, 6.07) is 4.09. The van der Waals surface area contributed by atoms with E-state index in [-0.39, 0.29) is 0 Å². The third kappa shape index (κ3) is 2.62. The Hall–Kier alpha value is -1.33. The smallest absolute Gasteiger partial charge is 0.157 e. The lowest BCUT2D eigenvalue weighted by molar-refractivity contribution is 0.309. The van der Waals surface area contributed by atoms with Crippen molar-refractivity contribution in [2.45, 2.75) is 26.6 Å². The van der Waals surface area contributed by atoms with Gasteiger partial charge in [-0.05, 0) is 19.1 Å². The SMILES string of the molecule is CCn1cc(OCc2ccc(CN)s2)cn1. The maximum atomic E-state index is 5.62. The summed E-state index contributed by atoms with van der Waals surface area (Å²) in [7, 11) is 0. The van der Waals surface area contributed by atoms with Crippen LogP contribution in [-0.2, 0) is 19.7 Å². The Morgan fingerprint density at radius 2 is 2.25 bits per heavy atom. The van der Waals surface area contributed by atoms with E-state index in [1.54, 1.807) is 17.5 Å². The molecule has 0 aromatic carbocycles. The van der Waals surface area contributed by atoms with Gasteiger partial charge in [-0.15, -0.1) is 11.3 Å². The molecule has 2 rings (SSSR count). The molecule has 0 fully saturated rings. The van der Waals surface area contributed by atoms with Gasteiger partial charge in [-0.3, -0.25) is 4.68 Å². The van der Waals surface area contributed by atoms with Crippen molar-refractivity contribution in [3.63, 3.8) is 0 Å². The zero-order valence-electron chi connectivity index (χ0n) is 9.22. The van der Waals surface area contributed by atoms with Gasteiger partial charge in [0.05, 0.1) is 12.4 Å². The van der Waals surface area contributed by atoms with Gasteiger partial charge in [0.1, 0.15) is 6.61 Å². The van der Waals surface area contributed by atoms with Crippen molar-refractivity contribution < 1.29 is 4.74 Å². The molecule has 0 radical (unpaired) electrons. The molecule has 0 atom stereocenters. The molecule has 4 nitrogen and oxygen atoms in total. The quantitative estimate of drug-likeness (QED) is 0.865. The molecular formula is C11H15N3OS. The topological polar surface area (TPSA) is 53.1 Å². The summed E-state index contributed by atoms with van der Waals surface area (Å²) < 4.78 is 7.46. The summed E-state index contributed by atoms with van der Waals surface area (Å²) in [5.74, 6) is 0.810. The molecule has 0 aliphatic rings. The van der Waals surface area contributed by atoms with Gasteiger partial charge in [0.2, 0.25) is 0 Å². The standard InChI is InChI=1S/C11H15N3OS/c1-2-14-7-9(6-13-14)15-8-11-4-3-10(5-12)16-11/h3-4,6-7H,2,5,8,12H2,1H3. The van der Waals surface area contributed by atoms with Crippen molar-refractivity contribution in [3.05, 3.63) is 34.3 Å². The van der Waals surface area contributed by atoms with Crippen molar-refractivity contribution in [2.75, 3.05) is 0 Å². The minimum atomic E-state index is 0.583. The summed E-state index contributed by atoms with van der Waals surface area (Å²) in [6.07, 6.45) is 3.64. The van der Waals surface area contributed by atoms with E-state index in [1.807, 2.05) is 23.9 Å². The van der Waals surface area contributed by atoms with Crippen LogP contribution >= 0.6 is 11.3 Å². The second kappa shape index (κ2) is 5.14. The molecule has 0 saturated carbocycles. The van der Waals surface area contributed by atoms with Gasteiger partial charge in [0, 0.05) is 22.8 Å². The molecule has 86 valence electrons. The highest BCUT2D eigenvalue weighted by Crippen LogP contribution is 2.18. The second-order valence-corrected chi connectivity index (χ2v) is 4.65. The number of aryl methyl sites for hydroxylation is 1. The molecular weight excluding hydrogens is 222 g/mol. The minimum absolute atomic E-state index is 0.583. The molecule has 2 aromatic heterocycles. The molecule has 0 unspecified atom stereocenters. The van der Waals surface area contributed by atoms with Gasteiger partial charge in [0.25, 0.3) is 0 Å². The molecule has 0 saturated heterocycles. The zero-order valence-corrected chi connectivity index (χ0v) is 10.0. The molecule has 0 spiro atoms. The fourth-order valence-corrected chi connectivity index (χ4v) is 2.17. The predicted molar refractivity (Wildman–Crippen MR) is 64.4 cm³/mol.